The van der Waals surface area contributed by atoms with Gasteiger partial charge in [0.2, 0.25) is 0 Å². The van der Waals surface area contributed by atoms with Crippen molar-refractivity contribution < 1.29 is 14.0 Å². The predicted molar refractivity (Wildman–Crippen MR) is 95.1 cm³/mol. The third-order valence-corrected chi connectivity index (χ3v) is 5.85. The van der Waals surface area contributed by atoms with Crippen LogP contribution in [0, 0.1) is 5.41 Å². The smallest absolute Gasteiger partial charge is 0.399 e. The summed E-state index contributed by atoms with van der Waals surface area (Å²) >= 11 is 0. The van der Waals surface area contributed by atoms with Crippen LogP contribution in [0.1, 0.15) is 27.7 Å². The first-order valence-electron chi connectivity index (χ1n) is 7.86. The molecule has 1 rings (SSSR count). The first kappa shape index (κ1) is 19.4. The van der Waals surface area contributed by atoms with E-state index in [0.717, 1.165) is 12.7 Å². The predicted octanol–water partition coefficient (Wildman–Crippen LogP) is 3.05. The summed E-state index contributed by atoms with van der Waals surface area (Å²) in [5.41, 5.74) is -0.131. The van der Waals surface area contributed by atoms with Crippen LogP contribution in [0.5, 0.6) is 0 Å². The molecule has 0 amide bonds. The molecule has 5 nitrogen and oxygen atoms in total. The number of allylic oxidation sites excluding steroid dienone is 1. The van der Waals surface area contributed by atoms with Gasteiger partial charge in [0.25, 0.3) is 0 Å². The maximum Gasteiger partial charge on any atom is 0.497 e. The molecule has 0 saturated carbocycles. The average molecular weight is 326 g/mol. The van der Waals surface area contributed by atoms with Crippen LogP contribution in [0.25, 0.3) is 0 Å². The fourth-order valence-corrected chi connectivity index (χ4v) is 2.58. The van der Waals surface area contributed by atoms with E-state index in [0.29, 0.717) is 12.2 Å². The van der Waals surface area contributed by atoms with Crippen molar-refractivity contribution in [2.45, 2.75) is 64.6 Å². The summed E-state index contributed by atoms with van der Waals surface area (Å²) in [5.74, 6) is 0. The van der Waals surface area contributed by atoms with E-state index in [1.807, 2.05) is 27.7 Å². The van der Waals surface area contributed by atoms with Crippen LogP contribution in [0.3, 0.4) is 0 Å². The molecule has 126 valence electrons. The van der Waals surface area contributed by atoms with Crippen molar-refractivity contribution in [2.75, 3.05) is 13.3 Å². The highest BCUT2D eigenvalue weighted by molar-refractivity contribution is 6.76. The third kappa shape index (κ3) is 5.53. The fourth-order valence-electron chi connectivity index (χ4n) is 1.83. The van der Waals surface area contributed by atoms with Crippen LogP contribution in [-0.4, -0.2) is 45.9 Å². The molecule has 1 heterocycles. The summed E-state index contributed by atoms with van der Waals surface area (Å²) in [6.07, 6.45) is 3.00. The van der Waals surface area contributed by atoms with Gasteiger partial charge < -0.3 is 24.8 Å². The zero-order valence-electron chi connectivity index (χ0n) is 15.1. The quantitative estimate of drug-likeness (QED) is 0.311. The van der Waals surface area contributed by atoms with Gasteiger partial charge in [0.1, 0.15) is 6.73 Å². The van der Waals surface area contributed by atoms with Gasteiger partial charge in [-0.15, -0.1) is 0 Å². The van der Waals surface area contributed by atoms with Gasteiger partial charge in [-0.25, -0.2) is 0 Å². The van der Waals surface area contributed by atoms with Gasteiger partial charge in [0, 0.05) is 26.4 Å². The summed E-state index contributed by atoms with van der Waals surface area (Å²) in [7, 11) is -1.56. The van der Waals surface area contributed by atoms with Crippen LogP contribution in [0.4, 0.5) is 0 Å². The second-order valence-corrected chi connectivity index (χ2v) is 13.6. The van der Waals surface area contributed by atoms with Crippen LogP contribution in [0.2, 0.25) is 25.7 Å². The molecule has 0 spiro atoms. The van der Waals surface area contributed by atoms with E-state index >= 15 is 0 Å². The molecule has 0 atom stereocenters. The van der Waals surface area contributed by atoms with E-state index in [9.17, 15) is 0 Å². The monoisotopic (exact) mass is 326 g/mol. The van der Waals surface area contributed by atoms with E-state index in [2.05, 4.69) is 25.0 Å². The van der Waals surface area contributed by atoms with E-state index in [4.69, 9.17) is 19.5 Å². The molecule has 2 N–H and O–H groups in total. The first-order valence-corrected chi connectivity index (χ1v) is 11.6. The minimum Gasteiger partial charge on any atom is -0.399 e. The lowest BCUT2D eigenvalue weighted by molar-refractivity contribution is 0.00578. The maximum atomic E-state index is 7.55. The highest BCUT2D eigenvalue weighted by atomic mass is 28.3. The summed E-state index contributed by atoms with van der Waals surface area (Å²) in [6.45, 7) is 16.2. The lowest BCUT2D eigenvalue weighted by atomic mass is 9.79. The minimum absolute atomic E-state index is 0.395. The first-order chi connectivity index (χ1) is 9.98. The van der Waals surface area contributed by atoms with Crippen molar-refractivity contribution in [3.63, 3.8) is 0 Å². The normalized spacial score (nSPS) is 21.0. The van der Waals surface area contributed by atoms with Crippen molar-refractivity contribution in [1.29, 1.82) is 5.41 Å². The number of nitrogens with one attached hydrogen (secondary N) is 2. The minimum atomic E-state index is -1.04. The third-order valence-electron chi connectivity index (χ3n) is 4.14. The zero-order valence-corrected chi connectivity index (χ0v) is 16.1. The highest BCUT2D eigenvalue weighted by Crippen LogP contribution is 2.38. The van der Waals surface area contributed by atoms with Gasteiger partial charge in [-0.05, 0) is 39.9 Å². The molecule has 0 unspecified atom stereocenters. The molecule has 0 radical (unpaired) electrons. The standard InChI is InChI=1S/C15H31BN2O3Si/c1-14(2)15(3,4)21-16(20-14)13(10-17)11-18-12-19-8-9-22(5,6)7/h10-11,17-18H,8-9,12H2,1-7H3/b13-11+,17-10?. The number of ether oxygens (including phenoxy) is 1. The number of hydrogen-bond donors (Lipinski definition) is 2. The molecule has 0 bridgehead atoms. The summed E-state index contributed by atoms with van der Waals surface area (Å²) in [5, 5.41) is 10.6. The molecule has 1 fully saturated rings. The van der Waals surface area contributed by atoms with E-state index in [-0.39, 0.29) is 0 Å². The second-order valence-electron chi connectivity index (χ2n) is 7.94. The maximum absolute atomic E-state index is 7.55. The number of rotatable bonds is 8. The van der Waals surface area contributed by atoms with Crippen molar-refractivity contribution >= 4 is 21.4 Å². The lowest BCUT2D eigenvalue weighted by Gasteiger charge is -2.32. The summed E-state index contributed by atoms with van der Waals surface area (Å²) in [6, 6.07) is 1.15. The van der Waals surface area contributed by atoms with Crippen molar-refractivity contribution in [2.24, 2.45) is 0 Å². The molecule has 1 aliphatic rings. The topological polar surface area (TPSA) is 63.6 Å². The Morgan fingerprint density at radius 2 is 1.73 bits per heavy atom. The molecular weight excluding hydrogens is 295 g/mol. The zero-order chi connectivity index (χ0) is 17.0. The van der Waals surface area contributed by atoms with Gasteiger partial charge in [-0.2, -0.15) is 0 Å². The van der Waals surface area contributed by atoms with Crippen LogP contribution >= 0.6 is 0 Å². The van der Waals surface area contributed by atoms with Crippen molar-refractivity contribution in [3.05, 3.63) is 11.7 Å². The molecule has 0 aliphatic carbocycles. The Hall–Kier alpha value is -0.628. The largest absolute Gasteiger partial charge is 0.497 e. The van der Waals surface area contributed by atoms with Gasteiger partial charge in [-0.3, -0.25) is 0 Å². The Morgan fingerprint density at radius 1 is 1.18 bits per heavy atom. The highest BCUT2D eigenvalue weighted by Gasteiger charge is 2.52. The van der Waals surface area contributed by atoms with Crippen molar-refractivity contribution in [1.82, 2.24) is 5.32 Å². The molecule has 22 heavy (non-hydrogen) atoms. The van der Waals surface area contributed by atoms with Crippen LogP contribution in [-0.2, 0) is 14.0 Å². The molecular formula is C15H31BN2O3Si. The molecule has 0 aromatic heterocycles. The van der Waals surface area contributed by atoms with Crippen molar-refractivity contribution in [3.8, 4) is 0 Å². The van der Waals surface area contributed by atoms with Crippen LogP contribution in [0.15, 0.2) is 11.7 Å². The lowest BCUT2D eigenvalue weighted by Crippen LogP contribution is -2.41. The van der Waals surface area contributed by atoms with E-state index in [1.165, 1.54) is 6.21 Å². The van der Waals surface area contributed by atoms with E-state index < -0.39 is 26.4 Å². The Bertz CT molecular complexity index is 404. The van der Waals surface area contributed by atoms with E-state index in [1.54, 1.807) is 6.20 Å². The molecule has 0 aromatic carbocycles. The fraction of sp³-hybridized carbons (Fsp3) is 0.800. The van der Waals surface area contributed by atoms with Gasteiger partial charge >= 0.3 is 7.12 Å². The summed E-state index contributed by atoms with van der Waals surface area (Å²) in [4.78, 5) is 0. The SMILES string of the molecule is CC1(C)OB(/C(C=N)=C/NCOCC[Si](C)(C)C)OC1(C)C. The van der Waals surface area contributed by atoms with Gasteiger partial charge in [0.05, 0.1) is 11.2 Å². The molecule has 0 aromatic rings. The Kier molecular flexibility index (Phi) is 6.44. The average Bonchev–Trinajstić information content (AvgIpc) is 2.56. The molecule has 1 saturated heterocycles. The van der Waals surface area contributed by atoms with Gasteiger partial charge in [0.15, 0.2) is 0 Å². The molecule has 1 aliphatic heterocycles. The number of hydrogen-bond acceptors (Lipinski definition) is 5. The second kappa shape index (κ2) is 7.30. The van der Waals surface area contributed by atoms with Gasteiger partial charge in [-0.1, -0.05) is 19.6 Å². The Labute approximate surface area is 136 Å². The molecule has 7 heteroatoms. The van der Waals surface area contributed by atoms with Crippen LogP contribution < -0.4 is 5.32 Å². The Morgan fingerprint density at radius 3 is 2.18 bits per heavy atom. The summed E-state index contributed by atoms with van der Waals surface area (Å²) < 4.78 is 17.4. The Balaban J connectivity index is 2.44.